The van der Waals surface area contributed by atoms with Gasteiger partial charge in [-0.15, -0.1) is 0 Å². The van der Waals surface area contributed by atoms with Gasteiger partial charge in [0.25, 0.3) is 0 Å². The second kappa shape index (κ2) is 6.73. The minimum absolute atomic E-state index is 0.00435. The summed E-state index contributed by atoms with van der Waals surface area (Å²) in [6.45, 7) is 0. The molecule has 20 heavy (non-hydrogen) atoms. The lowest BCUT2D eigenvalue weighted by atomic mass is 9.98. The number of rotatable bonds is 5. The average molecular weight is 294 g/mol. The Kier molecular flexibility index (Phi) is 4.99. The van der Waals surface area contributed by atoms with Gasteiger partial charge in [0.15, 0.2) is 0 Å². The van der Waals surface area contributed by atoms with Gasteiger partial charge >= 0.3 is 0 Å². The molecule has 2 nitrogen and oxygen atoms in total. The third-order valence-electron chi connectivity index (χ3n) is 3.31. The number of hydrogen-bond acceptors (Lipinski definition) is 2. The van der Waals surface area contributed by atoms with Gasteiger partial charge in [-0.1, -0.05) is 35.9 Å². The van der Waals surface area contributed by atoms with E-state index in [-0.39, 0.29) is 11.9 Å². The molecule has 0 amide bonds. The molecule has 0 spiro atoms. The minimum atomic E-state index is -0.188. The molecule has 0 aliphatic rings. The summed E-state index contributed by atoms with van der Waals surface area (Å²) in [6, 6.07) is 12.4. The van der Waals surface area contributed by atoms with Crippen LogP contribution in [0.1, 0.15) is 17.2 Å². The summed E-state index contributed by atoms with van der Waals surface area (Å²) in [7, 11) is 3.43. The second-order valence-corrected chi connectivity index (χ2v) is 4.94. The van der Waals surface area contributed by atoms with Gasteiger partial charge in [0, 0.05) is 6.04 Å². The lowest BCUT2D eigenvalue weighted by Crippen LogP contribution is -2.19. The smallest absolute Gasteiger partial charge is 0.137 e. The molecule has 2 aromatic rings. The van der Waals surface area contributed by atoms with Crippen LogP contribution in [0.5, 0.6) is 5.75 Å². The first-order chi connectivity index (χ1) is 9.65. The van der Waals surface area contributed by atoms with Crippen LogP contribution in [0, 0.1) is 5.82 Å². The summed E-state index contributed by atoms with van der Waals surface area (Å²) in [5.74, 6) is 0.448. The van der Waals surface area contributed by atoms with Gasteiger partial charge in [0.05, 0.1) is 12.1 Å². The van der Waals surface area contributed by atoms with Gasteiger partial charge in [-0.3, -0.25) is 0 Å². The molecule has 106 valence electrons. The zero-order chi connectivity index (χ0) is 14.5. The first kappa shape index (κ1) is 14.8. The molecule has 0 radical (unpaired) electrons. The fourth-order valence-corrected chi connectivity index (χ4v) is 2.44. The van der Waals surface area contributed by atoms with Crippen molar-refractivity contribution in [1.82, 2.24) is 5.32 Å². The van der Waals surface area contributed by atoms with Crippen molar-refractivity contribution in [2.24, 2.45) is 0 Å². The molecule has 2 aromatic carbocycles. The van der Waals surface area contributed by atoms with Crippen molar-refractivity contribution in [2.45, 2.75) is 12.5 Å². The Morgan fingerprint density at radius 1 is 1.25 bits per heavy atom. The van der Waals surface area contributed by atoms with Crippen LogP contribution >= 0.6 is 11.6 Å². The topological polar surface area (TPSA) is 21.3 Å². The predicted octanol–water partition coefficient (Wildman–Crippen LogP) is 3.99. The van der Waals surface area contributed by atoms with E-state index in [1.807, 2.05) is 31.3 Å². The monoisotopic (exact) mass is 293 g/mol. The van der Waals surface area contributed by atoms with E-state index in [4.69, 9.17) is 16.3 Å². The van der Waals surface area contributed by atoms with Crippen LogP contribution in [-0.4, -0.2) is 14.2 Å². The number of likely N-dealkylation sites (N-methyl/N-ethyl adjacent to an activating group) is 1. The maximum absolute atomic E-state index is 13.7. The quantitative estimate of drug-likeness (QED) is 0.900. The van der Waals surface area contributed by atoms with E-state index in [0.29, 0.717) is 22.8 Å². The molecule has 1 N–H and O–H groups in total. The molecule has 0 aliphatic carbocycles. The van der Waals surface area contributed by atoms with Crippen LogP contribution < -0.4 is 10.1 Å². The van der Waals surface area contributed by atoms with Crippen molar-refractivity contribution >= 4 is 11.6 Å². The average Bonchev–Trinajstić information content (AvgIpc) is 2.46. The Bertz CT molecular complexity index is 588. The number of ether oxygens (including phenoxy) is 1. The third-order valence-corrected chi connectivity index (χ3v) is 3.60. The highest BCUT2D eigenvalue weighted by atomic mass is 35.5. The molecule has 1 unspecified atom stereocenters. The van der Waals surface area contributed by atoms with Gasteiger partial charge in [-0.2, -0.15) is 0 Å². The summed E-state index contributed by atoms with van der Waals surface area (Å²) in [6.07, 6.45) is 0.561. The van der Waals surface area contributed by atoms with E-state index in [2.05, 4.69) is 5.32 Å². The number of benzene rings is 2. The van der Waals surface area contributed by atoms with E-state index < -0.39 is 0 Å². The fourth-order valence-electron chi connectivity index (χ4n) is 2.17. The summed E-state index contributed by atoms with van der Waals surface area (Å²) in [5.41, 5.74) is 1.68. The summed E-state index contributed by atoms with van der Waals surface area (Å²) in [5, 5.41) is 3.75. The fraction of sp³-hybridized carbons (Fsp3) is 0.250. The lowest BCUT2D eigenvalue weighted by molar-refractivity contribution is 0.414. The molecule has 4 heteroatoms. The number of nitrogens with one attached hydrogen (secondary N) is 1. The van der Waals surface area contributed by atoms with Gasteiger partial charge in [0.1, 0.15) is 11.6 Å². The van der Waals surface area contributed by atoms with E-state index in [9.17, 15) is 4.39 Å². The first-order valence-corrected chi connectivity index (χ1v) is 6.77. The number of halogens is 2. The second-order valence-electron chi connectivity index (χ2n) is 4.53. The Hall–Kier alpha value is -1.58. The van der Waals surface area contributed by atoms with Crippen LogP contribution in [-0.2, 0) is 6.42 Å². The zero-order valence-corrected chi connectivity index (χ0v) is 12.2. The Balaban J connectivity index is 2.24. The van der Waals surface area contributed by atoms with E-state index >= 15 is 0 Å². The molecular formula is C16H17ClFNO. The predicted molar refractivity (Wildman–Crippen MR) is 79.9 cm³/mol. The van der Waals surface area contributed by atoms with Gasteiger partial charge in [-0.25, -0.2) is 4.39 Å². The maximum Gasteiger partial charge on any atom is 0.137 e. The van der Waals surface area contributed by atoms with Crippen LogP contribution in [0.15, 0.2) is 42.5 Å². The Morgan fingerprint density at radius 3 is 2.60 bits per heavy atom. The largest absolute Gasteiger partial charge is 0.495 e. The molecule has 2 rings (SSSR count). The van der Waals surface area contributed by atoms with E-state index in [1.54, 1.807) is 19.2 Å². The highest BCUT2D eigenvalue weighted by Gasteiger charge is 2.14. The normalized spacial score (nSPS) is 12.2. The first-order valence-electron chi connectivity index (χ1n) is 6.39. The standard InChI is InChI=1S/C16H17ClFNO/c1-19-15(10-11-5-3-4-6-14(11)18)12-7-8-16(20-2)13(17)9-12/h3-9,15,19H,10H2,1-2H3. The number of hydrogen-bond donors (Lipinski definition) is 1. The zero-order valence-electron chi connectivity index (χ0n) is 11.5. The molecule has 0 aromatic heterocycles. The van der Waals surface area contributed by atoms with Crippen molar-refractivity contribution in [3.8, 4) is 5.75 Å². The van der Waals surface area contributed by atoms with Crippen molar-refractivity contribution < 1.29 is 9.13 Å². The van der Waals surface area contributed by atoms with Crippen LogP contribution in [0.2, 0.25) is 5.02 Å². The molecule has 0 saturated heterocycles. The van der Waals surface area contributed by atoms with E-state index in [1.165, 1.54) is 6.07 Å². The van der Waals surface area contributed by atoms with Crippen LogP contribution in [0.4, 0.5) is 4.39 Å². The molecule has 0 aliphatic heterocycles. The summed E-state index contributed by atoms with van der Waals surface area (Å²) < 4.78 is 18.9. The van der Waals surface area contributed by atoms with E-state index in [0.717, 1.165) is 5.56 Å². The highest BCUT2D eigenvalue weighted by Crippen LogP contribution is 2.29. The third kappa shape index (κ3) is 3.30. The Labute approximate surface area is 123 Å². The van der Waals surface area contributed by atoms with Gasteiger partial charge < -0.3 is 10.1 Å². The van der Waals surface area contributed by atoms with Gasteiger partial charge in [0.2, 0.25) is 0 Å². The minimum Gasteiger partial charge on any atom is -0.495 e. The molecule has 0 bridgehead atoms. The van der Waals surface area contributed by atoms with Crippen molar-refractivity contribution in [1.29, 1.82) is 0 Å². The molecular weight excluding hydrogens is 277 g/mol. The maximum atomic E-state index is 13.7. The van der Waals surface area contributed by atoms with Crippen LogP contribution in [0.3, 0.4) is 0 Å². The molecule has 0 fully saturated rings. The lowest BCUT2D eigenvalue weighted by Gasteiger charge is -2.18. The van der Waals surface area contributed by atoms with Crippen molar-refractivity contribution in [2.75, 3.05) is 14.2 Å². The molecule has 0 heterocycles. The summed E-state index contributed by atoms with van der Waals surface area (Å²) in [4.78, 5) is 0. The van der Waals surface area contributed by atoms with Crippen molar-refractivity contribution in [3.05, 3.63) is 64.4 Å². The molecule has 0 saturated carbocycles. The summed E-state index contributed by atoms with van der Waals surface area (Å²) >= 11 is 6.14. The van der Waals surface area contributed by atoms with Crippen molar-refractivity contribution in [3.63, 3.8) is 0 Å². The molecule has 1 atom stereocenters. The highest BCUT2D eigenvalue weighted by molar-refractivity contribution is 6.32. The van der Waals surface area contributed by atoms with Crippen LogP contribution in [0.25, 0.3) is 0 Å². The SMILES string of the molecule is CNC(Cc1ccccc1F)c1ccc(OC)c(Cl)c1. The Morgan fingerprint density at radius 2 is 2.00 bits per heavy atom. The number of methoxy groups -OCH3 is 1. The van der Waals surface area contributed by atoms with Gasteiger partial charge in [-0.05, 0) is 42.8 Å².